The van der Waals surface area contributed by atoms with Crippen molar-refractivity contribution in [2.75, 3.05) is 19.6 Å². The van der Waals surface area contributed by atoms with Crippen molar-refractivity contribution in [3.05, 3.63) is 45.8 Å². The predicted molar refractivity (Wildman–Crippen MR) is 95.4 cm³/mol. The van der Waals surface area contributed by atoms with E-state index in [0.717, 1.165) is 40.5 Å². The van der Waals surface area contributed by atoms with Gasteiger partial charge in [0.25, 0.3) is 5.91 Å². The first-order valence-corrected chi connectivity index (χ1v) is 8.18. The van der Waals surface area contributed by atoms with Crippen molar-refractivity contribution in [3.63, 3.8) is 0 Å². The van der Waals surface area contributed by atoms with Gasteiger partial charge in [-0.3, -0.25) is 4.79 Å². The lowest BCUT2D eigenvalue weighted by Crippen LogP contribution is -2.48. The molecule has 1 aliphatic heterocycles. The van der Waals surface area contributed by atoms with E-state index in [0.29, 0.717) is 10.9 Å². The van der Waals surface area contributed by atoms with Crippen LogP contribution in [0.5, 0.6) is 0 Å². The number of hydrogen-bond donors (Lipinski definition) is 2. The maximum atomic E-state index is 12.2. The normalized spacial score (nSPS) is 14.1. The highest BCUT2D eigenvalue weighted by Gasteiger charge is 2.19. The van der Waals surface area contributed by atoms with Crippen LogP contribution in [0.1, 0.15) is 15.2 Å². The van der Waals surface area contributed by atoms with Crippen LogP contribution in [-0.2, 0) is 0 Å². The molecule has 3 nitrogen and oxygen atoms in total. The minimum absolute atomic E-state index is 0. The van der Waals surface area contributed by atoms with Crippen LogP contribution in [0, 0.1) is 12.8 Å². The molecule has 0 atom stereocenters. The monoisotopic (exact) mass is 356 g/mol. The van der Waals surface area contributed by atoms with Gasteiger partial charge < -0.3 is 10.6 Å². The summed E-state index contributed by atoms with van der Waals surface area (Å²) in [6.07, 6.45) is 0. The van der Waals surface area contributed by atoms with Gasteiger partial charge in [-0.2, -0.15) is 0 Å². The summed E-state index contributed by atoms with van der Waals surface area (Å²) in [4.78, 5) is 14.1. The standard InChI is InChI=1S/C16H17ClN2OS.ClH/c1-10-5-14(16(20)19-9-11-7-18-8-11)21-15(10)12-3-2-4-13(17)6-12;/h2-6,11,18H,7-9H2,1H3,(H,19,20);1H. The Kier molecular flexibility index (Phi) is 5.87. The Morgan fingerprint density at radius 3 is 2.82 bits per heavy atom. The quantitative estimate of drug-likeness (QED) is 0.875. The molecule has 1 aliphatic rings. The molecule has 1 aromatic heterocycles. The first-order chi connectivity index (χ1) is 10.1. The number of aryl methyl sites for hydroxylation is 1. The molecule has 2 aromatic rings. The fourth-order valence-corrected chi connectivity index (χ4v) is 3.60. The molecule has 0 aliphatic carbocycles. The molecule has 0 bridgehead atoms. The first kappa shape index (κ1) is 17.3. The minimum Gasteiger partial charge on any atom is -0.351 e. The third-order valence-corrected chi connectivity index (χ3v) is 5.17. The fourth-order valence-electron chi connectivity index (χ4n) is 2.33. The van der Waals surface area contributed by atoms with E-state index < -0.39 is 0 Å². The van der Waals surface area contributed by atoms with Crippen LogP contribution in [0.3, 0.4) is 0 Å². The molecule has 0 unspecified atom stereocenters. The van der Waals surface area contributed by atoms with Crippen LogP contribution in [0.15, 0.2) is 30.3 Å². The van der Waals surface area contributed by atoms with E-state index in [1.807, 2.05) is 37.3 Å². The lowest BCUT2D eigenvalue weighted by atomic mass is 10.0. The molecular weight excluding hydrogens is 339 g/mol. The van der Waals surface area contributed by atoms with Crippen LogP contribution in [0.25, 0.3) is 10.4 Å². The molecule has 0 spiro atoms. The van der Waals surface area contributed by atoms with Crippen molar-refractivity contribution in [1.29, 1.82) is 0 Å². The molecule has 2 heterocycles. The highest BCUT2D eigenvalue weighted by molar-refractivity contribution is 7.17. The van der Waals surface area contributed by atoms with E-state index in [1.165, 1.54) is 11.3 Å². The highest BCUT2D eigenvalue weighted by atomic mass is 35.5. The van der Waals surface area contributed by atoms with Crippen LogP contribution in [0.2, 0.25) is 5.02 Å². The second kappa shape index (κ2) is 7.47. The number of benzene rings is 1. The predicted octanol–water partition coefficient (Wildman–Crippen LogP) is 3.75. The van der Waals surface area contributed by atoms with E-state index in [9.17, 15) is 4.79 Å². The average Bonchev–Trinajstić information content (AvgIpc) is 2.79. The fraction of sp³-hybridized carbons (Fsp3) is 0.312. The van der Waals surface area contributed by atoms with Gasteiger partial charge in [0.15, 0.2) is 0 Å². The summed E-state index contributed by atoms with van der Waals surface area (Å²) >= 11 is 7.56. The summed E-state index contributed by atoms with van der Waals surface area (Å²) in [5, 5.41) is 6.93. The smallest absolute Gasteiger partial charge is 0.261 e. The number of carbonyl (C=O) groups is 1. The zero-order valence-corrected chi connectivity index (χ0v) is 14.6. The third kappa shape index (κ3) is 3.82. The van der Waals surface area contributed by atoms with Gasteiger partial charge in [0.2, 0.25) is 0 Å². The largest absolute Gasteiger partial charge is 0.351 e. The summed E-state index contributed by atoms with van der Waals surface area (Å²) in [6, 6.07) is 9.69. The molecule has 0 radical (unpaired) electrons. The summed E-state index contributed by atoms with van der Waals surface area (Å²) in [7, 11) is 0. The summed E-state index contributed by atoms with van der Waals surface area (Å²) in [5.41, 5.74) is 2.17. The SMILES string of the molecule is Cc1cc(C(=O)NCC2CNC2)sc1-c1cccc(Cl)c1.Cl. The van der Waals surface area contributed by atoms with E-state index in [4.69, 9.17) is 11.6 Å². The number of rotatable bonds is 4. The van der Waals surface area contributed by atoms with Gasteiger partial charge in [-0.1, -0.05) is 23.7 Å². The van der Waals surface area contributed by atoms with Gasteiger partial charge in [0, 0.05) is 35.5 Å². The van der Waals surface area contributed by atoms with E-state index in [-0.39, 0.29) is 18.3 Å². The number of carbonyl (C=O) groups excluding carboxylic acids is 1. The molecule has 1 saturated heterocycles. The van der Waals surface area contributed by atoms with Crippen molar-refractivity contribution in [1.82, 2.24) is 10.6 Å². The zero-order chi connectivity index (χ0) is 14.8. The zero-order valence-electron chi connectivity index (χ0n) is 12.2. The number of halogens is 2. The Hall–Kier alpha value is -1.07. The van der Waals surface area contributed by atoms with Gasteiger partial charge in [0.05, 0.1) is 4.88 Å². The van der Waals surface area contributed by atoms with Crippen LogP contribution >= 0.6 is 35.3 Å². The van der Waals surface area contributed by atoms with Crippen LogP contribution < -0.4 is 10.6 Å². The van der Waals surface area contributed by atoms with Crippen molar-refractivity contribution in [2.24, 2.45) is 5.92 Å². The number of nitrogens with one attached hydrogen (secondary N) is 2. The molecule has 118 valence electrons. The maximum Gasteiger partial charge on any atom is 0.261 e. The number of hydrogen-bond acceptors (Lipinski definition) is 3. The Balaban J connectivity index is 0.00000176. The molecule has 1 fully saturated rings. The molecule has 1 aromatic carbocycles. The molecule has 22 heavy (non-hydrogen) atoms. The average molecular weight is 357 g/mol. The Morgan fingerprint density at radius 2 is 2.18 bits per heavy atom. The van der Waals surface area contributed by atoms with Gasteiger partial charge >= 0.3 is 0 Å². The molecule has 2 N–H and O–H groups in total. The van der Waals surface area contributed by atoms with Crippen LogP contribution in [0.4, 0.5) is 0 Å². The van der Waals surface area contributed by atoms with Crippen molar-refractivity contribution in [3.8, 4) is 10.4 Å². The van der Waals surface area contributed by atoms with Gasteiger partial charge in [-0.25, -0.2) is 0 Å². The molecule has 1 amide bonds. The number of thiophene rings is 1. The molecule has 3 rings (SSSR count). The van der Waals surface area contributed by atoms with Crippen molar-refractivity contribution in [2.45, 2.75) is 6.92 Å². The summed E-state index contributed by atoms with van der Waals surface area (Å²) < 4.78 is 0. The van der Waals surface area contributed by atoms with E-state index >= 15 is 0 Å². The Bertz CT molecular complexity index is 668. The molecule has 0 saturated carbocycles. The van der Waals surface area contributed by atoms with Gasteiger partial charge in [-0.05, 0) is 36.2 Å². The maximum absolute atomic E-state index is 12.2. The van der Waals surface area contributed by atoms with E-state index in [2.05, 4.69) is 10.6 Å². The van der Waals surface area contributed by atoms with Crippen molar-refractivity contribution < 1.29 is 4.79 Å². The summed E-state index contributed by atoms with van der Waals surface area (Å²) in [6.45, 7) is 4.77. The Labute approximate surface area is 145 Å². The van der Waals surface area contributed by atoms with Gasteiger partial charge in [0.1, 0.15) is 0 Å². The lowest BCUT2D eigenvalue weighted by molar-refractivity contribution is 0.0946. The Morgan fingerprint density at radius 1 is 1.41 bits per heavy atom. The second-order valence-electron chi connectivity index (χ2n) is 5.37. The molecule has 6 heteroatoms. The highest BCUT2D eigenvalue weighted by Crippen LogP contribution is 2.33. The summed E-state index contributed by atoms with van der Waals surface area (Å²) in [5.74, 6) is 0.589. The topological polar surface area (TPSA) is 41.1 Å². The number of amides is 1. The first-order valence-electron chi connectivity index (χ1n) is 6.99. The minimum atomic E-state index is 0. The third-order valence-electron chi connectivity index (χ3n) is 3.65. The van der Waals surface area contributed by atoms with E-state index in [1.54, 1.807) is 0 Å². The lowest BCUT2D eigenvalue weighted by Gasteiger charge is -2.26. The van der Waals surface area contributed by atoms with Crippen LogP contribution in [-0.4, -0.2) is 25.5 Å². The van der Waals surface area contributed by atoms with Gasteiger partial charge in [-0.15, -0.1) is 23.7 Å². The van der Waals surface area contributed by atoms with Crippen molar-refractivity contribution >= 4 is 41.3 Å². The second-order valence-corrected chi connectivity index (χ2v) is 6.86. The molecular formula is C16H18Cl2N2OS.